The van der Waals surface area contributed by atoms with E-state index < -0.39 is 5.91 Å². The minimum atomic E-state index is -0.455. The van der Waals surface area contributed by atoms with E-state index >= 15 is 0 Å². The zero-order valence-corrected chi connectivity index (χ0v) is 10.8. The van der Waals surface area contributed by atoms with Crippen molar-refractivity contribution in [1.82, 2.24) is 9.97 Å². The summed E-state index contributed by atoms with van der Waals surface area (Å²) >= 11 is 5.72. The van der Waals surface area contributed by atoms with E-state index in [0.717, 1.165) is 0 Å². The topological polar surface area (TPSA) is 99.4 Å². The number of fused-ring (bicyclic) bond motifs is 1. The highest BCUT2D eigenvalue weighted by atomic mass is 35.5. The lowest BCUT2D eigenvalue weighted by molar-refractivity contribution is 0.102. The van der Waals surface area contributed by atoms with Gasteiger partial charge in [-0.2, -0.15) is 0 Å². The molecule has 0 spiro atoms. The maximum atomic E-state index is 12.1. The van der Waals surface area contributed by atoms with Crippen LogP contribution in [0.3, 0.4) is 0 Å². The highest BCUT2D eigenvalue weighted by Gasteiger charge is 2.20. The molecule has 20 heavy (non-hydrogen) atoms. The van der Waals surface area contributed by atoms with Gasteiger partial charge in [0.25, 0.3) is 5.91 Å². The van der Waals surface area contributed by atoms with Gasteiger partial charge in [-0.1, -0.05) is 11.6 Å². The number of anilines is 2. The van der Waals surface area contributed by atoms with Gasteiger partial charge in [-0.05, 0) is 12.1 Å². The molecule has 0 atom stereocenters. The molecule has 8 heteroatoms. The summed E-state index contributed by atoms with van der Waals surface area (Å²) in [4.78, 5) is 19.9. The van der Waals surface area contributed by atoms with Crippen LogP contribution in [0, 0.1) is 0 Å². The van der Waals surface area contributed by atoms with Gasteiger partial charge in [0.1, 0.15) is 5.15 Å². The van der Waals surface area contributed by atoms with Crippen molar-refractivity contribution in [3.05, 3.63) is 35.1 Å². The third-order valence-electron chi connectivity index (χ3n) is 2.64. The number of hydrogen-bond donors (Lipinski definition) is 2. The molecular weight excluding hydrogens is 284 g/mol. The van der Waals surface area contributed by atoms with Crippen LogP contribution in [0.1, 0.15) is 10.4 Å². The van der Waals surface area contributed by atoms with Crippen molar-refractivity contribution in [2.24, 2.45) is 0 Å². The number of nitrogens with two attached hydrogens (primary N) is 1. The van der Waals surface area contributed by atoms with Crippen LogP contribution < -0.4 is 20.5 Å². The Hall–Kier alpha value is -2.54. The number of amides is 1. The van der Waals surface area contributed by atoms with Gasteiger partial charge in [0.05, 0.1) is 5.56 Å². The molecule has 2 aromatic rings. The zero-order valence-electron chi connectivity index (χ0n) is 10.1. The molecule has 3 rings (SSSR count). The summed E-state index contributed by atoms with van der Waals surface area (Å²) in [5, 5.41) is 2.74. The molecule has 0 radical (unpaired) electrons. The fourth-order valence-corrected chi connectivity index (χ4v) is 1.86. The standard InChI is InChI=1S/C12H9ClN4O3/c13-10-1-2-15-12(16-10)17-11(18)6-3-8-9(4-7(6)14)20-5-19-8/h1-4H,5,14H2,(H,15,16,17,18). The normalized spacial score (nSPS) is 12.2. The van der Waals surface area contributed by atoms with Gasteiger partial charge in [-0.25, -0.2) is 9.97 Å². The Kier molecular flexibility index (Phi) is 3.03. The minimum Gasteiger partial charge on any atom is -0.454 e. The number of nitrogen functional groups attached to an aromatic ring is 1. The second kappa shape index (κ2) is 4.86. The molecule has 0 saturated heterocycles. The Labute approximate surface area is 118 Å². The van der Waals surface area contributed by atoms with Crippen LogP contribution in [0.15, 0.2) is 24.4 Å². The van der Waals surface area contributed by atoms with Gasteiger partial charge < -0.3 is 15.2 Å². The van der Waals surface area contributed by atoms with E-state index in [9.17, 15) is 4.79 Å². The van der Waals surface area contributed by atoms with Crippen LogP contribution in [0.4, 0.5) is 11.6 Å². The van der Waals surface area contributed by atoms with Crippen LogP contribution in [0.5, 0.6) is 11.5 Å². The molecule has 1 aromatic heterocycles. The predicted molar refractivity (Wildman–Crippen MR) is 72.0 cm³/mol. The number of rotatable bonds is 2. The summed E-state index contributed by atoms with van der Waals surface area (Å²) < 4.78 is 10.4. The largest absolute Gasteiger partial charge is 0.454 e. The van der Waals surface area contributed by atoms with Gasteiger partial charge in [-0.3, -0.25) is 10.1 Å². The van der Waals surface area contributed by atoms with Crippen LogP contribution in [0.2, 0.25) is 5.15 Å². The molecule has 0 saturated carbocycles. The quantitative estimate of drug-likeness (QED) is 0.645. The van der Waals surface area contributed by atoms with E-state index in [-0.39, 0.29) is 29.1 Å². The molecule has 2 heterocycles. The van der Waals surface area contributed by atoms with Gasteiger partial charge in [0.15, 0.2) is 11.5 Å². The van der Waals surface area contributed by atoms with E-state index in [1.807, 2.05) is 0 Å². The molecule has 0 fully saturated rings. The summed E-state index contributed by atoms with van der Waals surface area (Å²) in [6.07, 6.45) is 1.44. The number of nitrogens with one attached hydrogen (secondary N) is 1. The number of carbonyl (C=O) groups is 1. The minimum absolute atomic E-state index is 0.0968. The van der Waals surface area contributed by atoms with E-state index in [0.29, 0.717) is 11.5 Å². The Bertz CT molecular complexity index is 692. The highest BCUT2D eigenvalue weighted by molar-refractivity contribution is 6.29. The van der Waals surface area contributed by atoms with Crippen molar-refractivity contribution in [2.75, 3.05) is 17.8 Å². The maximum Gasteiger partial charge on any atom is 0.260 e. The second-order valence-corrected chi connectivity index (χ2v) is 4.34. The molecule has 0 aliphatic carbocycles. The molecule has 102 valence electrons. The fraction of sp³-hybridized carbons (Fsp3) is 0.0833. The van der Waals surface area contributed by atoms with E-state index in [2.05, 4.69) is 15.3 Å². The molecular formula is C12H9ClN4O3. The number of aromatic nitrogens is 2. The molecule has 1 aliphatic rings. The van der Waals surface area contributed by atoms with E-state index in [4.69, 9.17) is 26.8 Å². The van der Waals surface area contributed by atoms with Crippen molar-refractivity contribution in [2.45, 2.75) is 0 Å². The summed E-state index contributed by atoms with van der Waals surface area (Å²) in [5.74, 6) is 0.622. The third-order valence-corrected chi connectivity index (χ3v) is 2.85. The monoisotopic (exact) mass is 292 g/mol. The predicted octanol–water partition coefficient (Wildman–Crippen LogP) is 1.69. The molecule has 0 bridgehead atoms. The number of carbonyl (C=O) groups excluding carboxylic acids is 1. The lowest BCUT2D eigenvalue weighted by Gasteiger charge is -2.07. The van der Waals surface area contributed by atoms with E-state index in [1.54, 1.807) is 0 Å². The van der Waals surface area contributed by atoms with Crippen molar-refractivity contribution < 1.29 is 14.3 Å². The lowest BCUT2D eigenvalue weighted by atomic mass is 10.1. The Morgan fingerprint density at radius 2 is 2.10 bits per heavy atom. The highest BCUT2D eigenvalue weighted by Crippen LogP contribution is 2.36. The van der Waals surface area contributed by atoms with Gasteiger partial charge in [0, 0.05) is 18.0 Å². The van der Waals surface area contributed by atoms with Crippen molar-refractivity contribution in [3.63, 3.8) is 0 Å². The van der Waals surface area contributed by atoms with E-state index in [1.165, 1.54) is 24.4 Å². The molecule has 7 nitrogen and oxygen atoms in total. The fourth-order valence-electron chi connectivity index (χ4n) is 1.72. The average molecular weight is 293 g/mol. The van der Waals surface area contributed by atoms with Crippen molar-refractivity contribution in [1.29, 1.82) is 0 Å². The maximum absolute atomic E-state index is 12.1. The van der Waals surface area contributed by atoms with Crippen LogP contribution in [0.25, 0.3) is 0 Å². The SMILES string of the molecule is Nc1cc2c(cc1C(=O)Nc1nccc(Cl)n1)OCO2. The molecule has 1 amide bonds. The Balaban J connectivity index is 1.87. The Morgan fingerprint density at radius 1 is 1.35 bits per heavy atom. The summed E-state index contributed by atoms with van der Waals surface area (Å²) in [5.41, 5.74) is 6.33. The zero-order chi connectivity index (χ0) is 14.1. The Morgan fingerprint density at radius 3 is 2.85 bits per heavy atom. The van der Waals surface area contributed by atoms with Crippen molar-refractivity contribution >= 4 is 29.1 Å². The molecule has 0 unspecified atom stereocenters. The molecule has 1 aliphatic heterocycles. The number of benzene rings is 1. The number of hydrogen-bond acceptors (Lipinski definition) is 6. The third kappa shape index (κ3) is 2.30. The van der Waals surface area contributed by atoms with Gasteiger partial charge in [0.2, 0.25) is 12.7 Å². The lowest BCUT2D eigenvalue weighted by Crippen LogP contribution is -2.15. The first kappa shape index (κ1) is 12.5. The molecule has 3 N–H and O–H groups in total. The number of halogens is 1. The first-order valence-corrected chi connectivity index (χ1v) is 6.00. The summed E-state index contributed by atoms with van der Waals surface area (Å²) in [6, 6.07) is 4.56. The number of nitrogens with zero attached hydrogens (tertiary/aromatic N) is 2. The smallest absolute Gasteiger partial charge is 0.260 e. The molecule has 1 aromatic carbocycles. The van der Waals surface area contributed by atoms with Crippen molar-refractivity contribution in [3.8, 4) is 11.5 Å². The first-order valence-electron chi connectivity index (χ1n) is 5.62. The summed E-state index contributed by atoms with van der Waals surface area (Å²) in [7, 11) is 0. The van der Waals surface area contributed by atoms with Crippen LogP contribution in [-0.2, 0) is 0 Å². The van der Waals surface area contributed by atoms with Crippen LogP contribution >= 0.6 is 11.6 Å². The van der Waals surface area contributed by atoms with Crippen LogP contribution in [-0.4, -0.2) is 22.7 Å². The summed E-state index contributed by atoms with van der Waals surface area (Å²) in [6.45, 7) is 0.108. The average Bonchev–Trinajstić information content (AvgIpc) is 2.84. The second-order valence-electron chi connectivity index (χ2n) is 3.95. The van der Waals surface area contributed by atoms with Gasteiger partial charge in [-0.15, -0.1) is 0 Å². The first-order chi connectivity index (χ1) is 9.63. The number of ether oxygens (including phenoxy) is 2. The van der Waals surface area contributed by atoms with Gasteiger partial charge >= 0.3 is 0 Å².